The first-order valence-corrected chi connectivity index (χ1v) is 8.63. The molecule has 0 saturated heterocycles. The van der Waals surface area contributed by atoms with E-state index in [2.05, 4.69) is 25.0 Å². The Morgan fingerprint density at radius 2 is 1.57 bits per heavy atom. The van der Waals surface area contributed by atoms with E-state index in [0.29, 0.717) is 17.2 Å². The van der Waals surface area contributed by atoms with Crippen LogP contribution in [0.15, 0.2) is 67.6 Å². The minimum Gasteiger partial charge on any atom is -0.492 e. The lowest BCUT2D eigenvalue weighted by molar-refractivity contribution is 0.455. The van der Waals surface area contributed by atoms with Crippen LogP contribution >= 0.6 is 0 Å². The van der Waals surface area contributed by atoms with Gasteiger partial charge in [0.05, 0.1) is 0 Å². The van der Waals surface area contributed by atoms with Gasteiger partial charge in [-0.25, -0.2) is 9.50 Å². The highest BCUT2D eigenvalue weighted by Crippen LogP contribution is 2.39. The molecule has 0 aliphatic rings. The number of hydrogen-bond acceptors (Lipinski definition) is 6. The van der Waals surface area contributed by atoms with Gasteiger partial charge in [0.1, 0.15) is 5.52 Å². The molecule has 8 heteroatoms. The molecule has 0 amide bonds. The normalized spacial score (nSPS) is 11.2. The molecule has 0 radical (unpaired) electrons. The van der Waals surface area contributed by atoms with Gasteiger partial charge in [-0.15, -0.1) is 5.10 Å². The van der Waals surface area contributed by atoms with Crippen LogP contribution in [0, 0.1) is 0 Å². The van der Waals surface area contributed by atoms with Crippen molar-refractivity contribution in [2.75, 3.05) is 0 Å². The summed E-state index contributed by atoms with van der Waals surface area (Å²) in [5.41, 5.74) is 4.14. The van der Waals surface area contributed by atoms with Gasteiger partial charge in [-0.2, -0.15) is 4.98 Å². The molecule has 0 unspecified atom stereocenters. The Bertz CT molecular complexity index is 1280. The molecule has 5 rings (SSSR count). The summed E-state index contributed by atoms with van der Waals surface area (Å²) in [6.45, 7) is 0. The average molecular weight is 369 g/mol. The van der Waals surface area contributed by atoms with Crippen molar-refractivity contribution in [1.29, 1.82) is 0 Å². The summed E-state index contributed by atoms with van der Waals surface area (Å²) in [5, 5.41) is 15.4. The smallest absolute Gasteiger partial charge is 0.240 e. The van der Waals surface area contributed by atoms with Gasteiger partial charge in [0, 0.05) is 61.6 Å². The Morgan fingerprint density at radius 3 is 2.21 bits per heavy atom. The minimum absolute atomic E-state index is 0.111. The van der Waals surface area contributed by atoms with Gasteiger partial charge < -0.3 is 9.67 Å². The van der Waals surface area contributed by atoms with Gasteiger partial charge in [0.15, 0.2) is 5.82 Å². The van der Waals surface area contributed by atoms with E-state index in [4.69, 9.17) is 0 Å². The molecule has 136 valence electrons. The second kappa shape index (κ2) is 6.27. The zero-order chi connectivity index (χ0) is 19.1. The third-order valence-corrected chi connectivity index (χ3v) is 4.59. The van der Waals surface area contributed by atoms with Crippen LogP contribution in [-0.4, -0.2) is 39.2 Å². The molecule has 0 aromatic carbocycles. The SMILES string of the molecule is Cn1ccnc1-c1nc(O)c2c(-c3ccncc3)c(-c3ccncc3)cn2n1. The highest BCUT2D eigenvalue weighted by Gasteiger charge is 2.21. The van der Waals surface area contributed by atoms with Crippen LogP contribution in [0.1, 0.15) is 0 Å². The Balaban J connectivity index is 1.84. The van der Waals surface area contributed by atoms with Crippen molar-refractivity contribution in [1.82, 2.24) is 34.1 Å². The Hall–Kier alpha value is -4.07. The second-order valence-corrected chi connectivity index (χ2v) is 6.30. The fraction of sp³-hybridized carbons (Fsp3) is 0.0500. The topological polar surface area (TPSA) is 94.0 Å². The van der Waals surface area contributed by atoms with E-state index < -0.39 is 0 Å². The van der Waals surface area contributed by atoms with Gasteiger partial charge in [-0.1, -0.05) is 0 Å². The van der Waals surface area contributed by atoms with Gasteiger partial charge in [-0.3, -0.25) is 9.97 Å². The summed E-state index contributed by atoms with van der Waals surface area (Å²) >= 11 is 0. The van der Waals surface area contributed by atoms with Gasteiger partial charge in [-0.05, 0) is 35.4 Å². The molecule has 1 N–H and O–H groups in total. The fourth-order valence-electron chi connectivity index (χ4n) is 3.30. The van der Waals surface area contributed by atoms with Crippen molar-refractivity contribution in [3.05, 3.63) is 67.6 Å². The first kappa shape index (κ1) is 16.1. The Morgan fingerprint density at radius 1 is 0.893 bits per heavy atom. The zero-order valence-corrected chi connectivity index (χ0v) is 14.9. The minimum atomic E-state index is -0.111. The van der Waals surface area contributed by atoms with Crippen molar-refractivity contribution in [3.8, 4) is 39.8 Å². The monoisotopic (exact) mass is 369 g/mol. The molecule has 0 fully saturated rings. The average Bonchev–Trinajstić information content (AvgIpc) is 3.33. The van der Waals surface area contributed by atoms with Gasteiger partial charge in [0.25, 0.3) is 0 Å². The first-order chi connectivity index (χ1) is 13.7. The third kappa shape index (κ3) is 2.50. The van der Waals surface area contributed by atoms with E-state index in [9.17, 15) is 5.11 Å². The number of fused-ring (bicyclic) bond motifs is 1. The van der Waals surface area contributed by atoms with Crippen molar-refractivity contribution in [3.63, 3.8) is 0 Å². The molecular weight excluding hydrogens is 354 g/mol. The van der Waals surface area contributed by atoms with E-state index >= 15 is 0 Å². The number of hydrogen-bond donors (Lipinski definition) is 1. The van der Waals surface area contributed by atoms with Crippen molar-refractivity contribution >= 4 is 5.52 Å². The van der Waals surface area contributed by atoms with Crippen LogP contribution in [0.2, 0.25) is 0 Å². The molecule has 5 aromatic heterocycles. The van der Waals surface area contributed by atoms with E-state index in [1.807, 2.05) is 37.5 Å². The zero-order valence-electron chi connectivity index (χ0n) is 14.9. The first-order valence-electron chi connectivity index (χ1n) is 8.63. The summed E-state index contributed by atoms with van der Waals surface area (Å²) in [7, 11) is 1.85. The Labute approximate surface area is 159 Å². The number of rotatable bonds is 3. The molecular formula is C20H15N7O. The number of nitrogens with zero attached hydrogens (tertiary/aromatic N) is 7. The lowest BCUT2D eigenvalue weighted by Gasteiger charge is -2.07. The predicted octanol–water partition coefficient (Wildman–Crippen LogP) is 2.96. The second-order valence-electron chi connectivity index (χ2n) is 6.30. The van der Waals surface area contributed by atoms with E-state index in [-0.39, 0.29) is 5.88 Å². The molecule has 0 aliphatic heterocycles. The maximum atomic E-state index is 10.8. The van der Waals surface area contributed by atoms with Crippen LogP contribution in [0.4, 0.5) is 0 Å². The van der Waals surface area contributed by atoms with Crippen LogP contribution in [-0.2, 0) is 7.05 Å². The fourth-order valence-corrected chi connectivity index (χ4v) is 3.30. The quantitative estimate of drug-likeness (QED) is 0.525. The number of pyridine rings is 2. The number of imidazole rings is 1. The molecule has 0 bridgehead atoms. The summed E-state index contributed by atoms with van der Waals surface area (Å²) in [6.07, 6.45) is 12.3. The highest BCUT2D eigenvalue weighted by atomic mass is 16.3. The third-order valence-electron chi connectivity index (χ3n) is 4.59. The lowest BCUT2D eigenvalue weighted by Crippen LogP contribution is -2.02. The Kier molecular flexibility index (Phi) is 3.61. The van der Waals surface area contributed by atoms with Gasteiger partial charge in [0.2, 0.25) is 11.7 Å². The molecule has 8 nitrogen and oxygen atoms in total. The summed E-state index contributed by atoms with van der Waals surface area (Å²) in [6, 6.07) is 7.63. The maximum Gasteiger partial charge on any atom is 0.240 e. The van der Waals surface area contributed by atoms with Gasteiger partial charge >= 0.3 is 0 Å². The highest BCUT2D eigenvalue weighted by molar-refractivity contribution is 5.96. The molecule has 0 saturated carbocycles. The summed E-state index contributed by atoms with van der Waals surface area (Å²) < 4.78 is 3.45. The molecule has 5 heterocycles. The number of aryl methyl sites for hydroxylation is 1. The summed E-state index contributed by atoms with van der Waals surface area (Å²) in [4.78, 5) is 16.8. The van der Waals surface area contributed by atoms with Crippen LogP contribution in [0.3, 0.4) is 0 Å². The standard InChI is InChI=1S/C20H15N7O/c1-26-11-10-23-19(26)18-24-20(28)17-16(14-4-8-22-9-5-14)15(12-27(17)25-18)13-2-6-21-7-3-13/h2-12H,1H3,(H,24,25,28). The van der Waals surface area contributed by atoms with E-state index in [0.717, 1.165) is 22.3 Å². The van der Waals surface area contributed by atoms with E-state index in [1.165, 1.54) is 0 Å². The number of aromatic nitrogens is 7. The number of aromatic hydroxyl groups is 1. The molecule has 5 aromatic rings. The van der Waals surface area contributed by atoms with Crippen molar-refractivity contribution < 1.29 is 5.11 Å². The maximum absolute atomic E-state index is 10.8. The molecule has 28 heavy (non-hydrogen) atoms. The molecule has 0 spiro atoms. The van der Waals surface area contributed by atoms with Crippen molar-refractivity contribution in [2.24, 2.45) is 7.05 Å². The molecule has 0 aliphatic carbocycles. The predicted molar refractivity (Wildman–Crippen MR) is 103 cm³/mol. The molecule has 0 atom stereocenters. The lowest BCUT2D eigenvalue weighted by atomic mass is 9.99. The van der Waals surface area contributed by atoms with E-state index in [1.54, 1.807) is 46.3 Å². The summed E-state index contributed by atoms with van der Waals surface area (Å²) in [5.74, 6) is 0.803. The van der Waals surface area contributed by atoms with Crippen molar-refractivity contribution in [2.45, 2.75) is 0 Å². The van der Waals surface area contributed by atoms with Crippen LogP contribution < -0.4 is 0 Å². The van der Waals surface area contributed by atoms with Crippen LogP contribution in [0.5, 0.6) is 5.88 Å². The van der Waals surface area contributed by atoms with Crippen LogP contribution in [0.25, 0.3) is 39.4 Å². The largest absolute Gasteiger partial charge is 0.492 e.